The van der Waals surface area contributed by atoms with E-state index in [0.29, 0.717) is 17.1 Å². The lowest BCUT2D eigenvalue weighted by Crippen LogP contribution is -2.12. The fourth-order valence-electron chi connectivity index (χ4n) is 2.53. The molecule has 0 radical (unpaired) electrons. The molecular weight excluding hydrogens is 354 g/mol. The Morgan fingerprint density at radius 1 is 1.12 bits per heavy atom. The normalized spacial score (nSPS) is 12.7. The number of primary sulfonamides is 1. The molecule has 0 saturated heterocycles. The molecule has 134 valence electrons. The van der Waals surface area contributed by atoms with Gasteiger partial charge in [0.25, 0.3) is 0 Å². The zero-order valence-electron chi connectivity index (χ0n) is 13.9. The molecule has 0 aliphatic rings. The highest BCUT2D eigenvalue weighted by Gasteiger charge is 2.21. The average molecular weight is 371 g/mol. The van der Waals surface area contributed by atoms with Crippen molar-refractivity contribution < 1.29 is 18.3 Å². The minimum atomic E-state index is -3.79. The van der Waals surface area contributed by atoms with Crippen molar-refractivity contribution in [3.05, 3.63) is 66.4 Å². The highest BCUT2D eigenvalue weighted by molar-refractivity contribution is 7.89. The molecule has 1 aromatic heterocycles. The van der Waals surface area contributed by atoms with Gasteiger partial charge in [-0.05, 0) is 37.3 Å². The summed E-state index contributed by atoms with van der Waals surface area (Å²) in [6.45, 7) is 1.56. The molecule has 7 nitrogen and oxygen atoms in total. The monoisotopic (exact) mass is 371 g/mol. The van der Waals surface area contributed by atoms with E-state index in [9.17, 15) is 18.3 Å². The standard InChI is InChI=1S/C18H17N3O4S/c1-12(18(22)23)16-11-17(13-5-3-2-4-6-13)21(20-16)14-7-9-15(10-8-14)26(19,24)25/h2-12H,1H3,(H,22,23)(H2,19,24,25). The fourth-order valence-corrected chi connectivity index (χ4v) is 3.04. The third-order valence-corrected chi connectivity index (χ3v) is 4.95. The van der Waals surface area contributed by atoms with E-state index in [1.54, 1.807) is 29.8 Å². The summed E-state index contributed by atoms with van der Waals surface area (Å²) < 4.78 is 24.4. The number of carboxylic acid groups (broad SMARTS) is 1. The summed E-state index contributed by atoms with van der Waals surface area (Å²) in [6, 6.07) is 17.1. The Bertz CT molecular complexity index is 1040. The fraction of sp³-hybridized carbons (Fsp3) is 0.111. The van der Waals surface area contributed by atoms with Crippen LogP contribution in [0.15, 0.2) is 65.6 Å². The topological polar surface area (TPSA) is 115 Å². The number of rotatable bonds is 5. The third kappa shape index (κ3) is 3.51. The first kappa shape index (κ1) is 17.8. The molecule has 0 aliphatic carbocycles. The van der Waals surface area contributed by atoms with Crippen molar-refractivity contribution in [3.63, 3.8) is 0 Å². The van der Waals surface area contributed by atoms with E-state index in [1.165, 1.54) is 12.1 Å². The van der Waals surface area contributed by atoms with Crippen LogP contribution in [0.5, 0.6) is 0 Å². The van der Waals surface area contributed by atoms with E-state index in [4.69, 9.17) is 5.14 Å². The van der Waals surface area contributed by atoms with E-state index < -0.39 is 21.9 Å². The summed E-state index contributed by atoms with van der Waals surface area (Å²) >= 11 is 0. The molecule has 1 heterocycles. The van der Waals surface area contributed by atoms with Crippen LogP contribution in [0.25, 0.3) is 16.9 Å². The number of hydrogen-bond acceptors (Lipinski definition) is 4. The van der Waals surface area contributed by atoms with Gasteiger partial charge in [-0.15, -0.1) is 0 Å². The number of aromatic nitrogens is 2. The predicted octanol–water partition coefficient (Wildman–Crippen LogP) is 2.37. The van der Waals surface area contributed by atoms with Crippen LogP contribution in [0.2, 0.25) is 0 Å². The quantitative estimate of drug-likeness (QED) is 0.714. The van der Waals surface area contributed by atoms with E-state index in [0.717, 1.165) is 5.56 Å². The molecule has 0 spiro atoms. The zero-order chi connectivity index (χ0) is 18.9. The molecule has 0 amide bonds. The lowest BCUT2D eigenvalue weighted by atomic mass is 10.1. The lowest BCUT2D eigenvalue weighted by Gasteiger charge is -2.08. The van der Waals surface area contributed by atoms with Gasteiger partial charge >= 0.3 is 5.97 Å². The van der Waals surface area contributed by atoms with E-state index >= 15 is 0 Å². The summed E-state index contributed by atoms with van der Waals surface area (Å²) in [5.41, 5.74) is 2.57. The minimum absolute atomic E-state index is 0.00575. The second-order valence-corrected chi connectivity index (χ2v) is 7.39. The number of carboxylic acids is 1. The van der Waals surface area contributed by atoms with Crippen LogP contribution in [0.4, 0.5) is 0 Å². The van der Waals surface area contributed by atoms with E-state index in [2.05, 4.69) is 5.10 Å². The van der Waals surface area contributed by atoms with Crippen molar-refractivity contribution >= 4 is 16.0 Å². The number of carbonyl (C=O) groups is 1. The Morgan fingerprint density at radius 3 is 2.27 bits per heavy atom. The van der Waals surface area contributed by atoms with Crippen molar-refractivity contribution in [2.24, 2.45) is 5.14 Å². The Kier molecular flexibility index (Phi) is 4.62. The van der Waals surface area contributed by atoms with Crippen LogP contribution in [-0.4, -0.2) is 29.3 Å². The SMILES string of the molecule is CC(C(=O)O)c1cc(-c2ccccc2)n(-c2ccc(S(N)(=O)=O)cc2)n1. The van der Waals surface area contributed by atoms with Crippen molar-refractivity contribution in [2.75, 3.05) is 0 Å². The third-order valence-electron chi connectivity index (χ3n) is 4.02. The summed E-state index contributed by atoms with van der Waals surface area (Å²) in [7, 11) is -3.79. The molecule has 1 atom stereocenters. The van der Waals surface area contributed by atoms with Crippen LogP contribution >= 0.6 is 0 Å². The Morgan fingerprint density at radius 2 is 1.73 bits per heavy atom. The second kappa shape index (κ2) is 6.74. The van der Waals surface area contributed by atoms with Gasteiger partial charge in [0.15, 0.2) is 0 Å². The van der Waals surface area contributed by atoms with Gasteiger partial charge in [0.05, 0.1) is 27.9 Å². The smallest absolute Gasteiger partial charge is 0.312 e. The number of aliphatic carboxylic acids is 1. The van der Waals surface area contributed by atoms with Crippen LogP contribution < -0.4 is 5.14 Å². The second-order valence-electron chi connectivity index (χ2n) is 5.83. The summed E-state index contributed by atoms with van der Waals surface area (Å²) in [4.78, 5) is 11.3. The molecule has 1 unspecified atom stereocenters. The van der Waals surface area contributed by atoms with Gasteiger partial charge in [-0.3, -0.25) is 4.79 Å². The number of benzene rings is 2. The molecule has 0 fully saturated rings. The van der Waals surface area contributed by atoms with Gasteiger partial charge in [0, 0.05) is 5.56 Å². The van der Waals surface area contributed by atoms with E-state index in [1.807, 2.05) is 30.3 Å². The molecule has 0 aliphatic heterocycles. The maximum Gasteiger partial charge on any atom is 0.312 e. The van der Waals surface area contributed by atoms with Gasteiger partial charge in [0.1, 0.15) is 0 Å². The van der Waals surface area contributed by atoms with Crippen molar-refractivity contribution in [1.29, 1.82) is 0 Å². The zero-order valence-corrected chi connectivity index (χ0v) is 14.7. The van der Waals surface area contributed by atoms with Crippen molar-refractivity contribution in [3.8, 4) is 16.9 Å². The molecule has 26 heavy (non-hydrogen) atoms. The predicted molar refractivity (Wildman–Crippen MR) is 96.4 cm³/mol. The maximum atomic E-state index is 11.4. The number of nitrogens with zero attached hydrogens (tertiary/aromatic N) is 2. The van der Waals surface area contributed by atoms with E-state index in [-0.39, 0.29) is 4.90 Å². The molecule has 0 saturated carbocycles. The van der Waals surface area contributed by atoms with Crippen molar-refractivity contribution in [2.45, 2.75) is 17.7 Å². The first-order valence-corrected chi connectivity index (χ1v) is 9.33. The maximum absolute atomic E-state index is 11.4. The molecule has 3 rings (SSSR count). The number of hydrogen-bond donors (Lipinski definition) is 2. The van der Waals surface area contributed by atoms with Gasteiger partial charge in [0.2, 0.25) is 10.0 Å². The highest BCUT2D eigenvalue weighted by atomic mass is 32.2. The largest absolute Gasteiger partial charge is 0.481 e. The van der Waals surface area contributed by atoms with Crippen LogP contribution in [0.1, 0.15) is 18.5 Å². The molecular formula is C18H17N3O4S. The first-order chi connectivity index (χ1) is 12.3. The van der Waals surface area contributed by atoms with Crippen LogP contribution in [0, 0.1) is 0 Å². The first-order valence-electron chi connectivity index (χ1n) is 7.79. The Balaban J connectivity index is 2.14. The number of sulfonamides is 1. The minimum Gasteiger partial charge on any atom is -0.481 e. The van der Waals surface area contributed by atoms with Crippen LogP contribution in [-0.2, 0) is 14.8 Å². The summed E-state index contributed by atoms with van der Waals surface area (Å²) in [6.07, 6.45) is 0. The van der Waals surface area contributed by atoms with Crippen LogP contribution in [0.3, 0.4) is 0 Å². The molecule has 3 aromatic rings. The van der Waals surface area contributed by atoms with Gasteiger partial charge in [-0.2, -0.15) is 5.10 Å². The van der Waals surface area contributed by atoms with Gasteiger partial charge in [-0.25, -0.2) is 18.2 Å². The molecule has 0 bridgehead atoms. The highest BCUT2D eigenvalue weighted by Crippen LogP contribution is 2.27. The lowest BCUT2D eigenvalue weighted by molar-refractivity contribution is -0.138. The van der Waals surface area contributed by atoms with Crippen molar-refractivity contribution in [1.82, 2.24) is 9.78 Å². The average Bonchev–Trinajstić information content (AvgIpc) is 3.06. The molecule has 3 N–H and O–H groups in total. The Labute approximate surface area is 150 Å². The molecule has 2 aromatic carbocycles. The molecule has 8 heteroatoms. The van der Waals surface area contributed by atoms with Gasteiger partial charge in [-0.1, -0.05) is 30.3 Å². The Hall–Kier alpha value is -2.97. The number of nitrogens with two attached hydrogens (primary N) is 1. The summed E-state index contributed by atoms with van der Waals surface area (Å²) in [5.74, 6) is -1.75. The summed E-state index contributed by atoms with van der Waals surface area (Å²) in [5, 5.41) is 18.8. The van der Waals surface area contributed by atoms with Gasteiger partial charge < -0.3 is 5.11 Å².